The molecule has 20 heavy (non-hydrogen) atoms. The number of benzene rings is 1. The molecule has 0 aliphatic heterocycles. The van der Waals surface area contributed by atoms with Crippen LogP contribution < -0.4 is 16.6 Å². The maximum absolute atomic E-state index is 12.0. The van der Waals surface area contributed by atoms with Crippen molar-refractivity contribution in [3.63, 3.8) is 0 Å². The van der Waals surface area contributed by atoms with Crippen LogP contribution in [0.15, 0.2) is 12.1 Å². The van der Waals surface area contributed by atoms with Crippen LogP contribution in [-0.2, 0) is 0 Å². The molecule has 1 aliphatic rings. The van der Waals surface area contributed by atoms with Gasteiger partial charge in [-0.15, -0.1) is 0 Å². The van der Waals surface area contributed by atoms with Crippen molar-refractivity contribution < 1.29 is 9.72 Å². The van der Waals surface area contributed by atoms with Gasteiger partial charge in [-0.3, -0.25) is 20.8 Å². The molecule has 1 amide bonds. The fourth-order valence-corrected chi connectivity index (χ4v) is 2.29. The number of nitrogen functional groups attached to an aromatic ring is 1. The van der Waals surface area contributed by atoms with Crippen molar-refractivity contribution in [2.45, 2.75) is 13.3 Å². The molecule has 108 valence electrons. The lowest BCUT2D eigenvalue weighted by Gasteiger charge is -2.08. The molecule has 0 saturated heterocycles. The van der Waals surface area contributed by atoms with Crippen LogP contribution in [-0.4, -0.2) is 17.4 Å². The van der Waals surface area contributed by atoms with E-state index in [1.807, 2.05) is 0 Å². The summed E-state index contributed by atoms with van der Waals surface area (Å²) in [7, 11) is 0. The van der Waals surface area contributed by atoms with Gasteiger partial charge in [0.05, 0.1) is 9.95 Å². The number of hydrogen-bond acceptors (Lipinski definition) is 5. The van der Waals surface area contributed by atoms with E-state index in [2.05, 4.69) is 17.7 Å². The number of nitrogens with two attached hydrogens (primary N) is 1. The first-order valence-corrected chi connectivity index (χ1v) is 6.54. The number of halogens is 1. The Labute approximate surface area is 120 Å². The zero-order valence-electron chi connectivity index (χ0n) is 10.9. The van der Waals surface area contributed by atoms with Gasteiger partial charge in [0, 0.05) is 18.2 Å². The number of carbonyl (C=O) groups is 1. The molecular weight excluding hydrogens is 284 g/mol. The van der Waals surface area contributed by atoms with Crippen LogP contribution in [0.1, 0.15) is 23.7 Å². The molecule has 1 aromatic carbocycles. The van der Waals surface area contributed by atoms with E-state index in [0.29, 0.717) is 18.4 Å². The highest BCUT2D eigenvalue weighted by molar-refractivity contribution is 6.34. The SMILES string of the molecule is CC1CC1CNC(=O)c1cc(Cl)c(NN)c([N+](=O)[O-])c1. The van der Waals surface area contributed by atoms with E-state index in [1.165, 1.54) is 6.07 Å². The number of hydrazine groups is 1. The smallest absolute Gasteiger partial charge is 0.295 e. The molecule has 1 saturated carbocycles. The van der Waals surface area contributed by atoms with Crippen LogP contribution in [0.25, 0.3) is 0 Å². The molecule has 8 heteroatoms. The van der Waals surface area contributed by atoms with E-state index >= 15 is 0 Å². The maximum Gasteiger partial charge on any atom is 0.295 e. The summed E-state index contributed by atoms with van der Waals surface area (Å²) in [4.78, 5) is 22.3. The third-order valence-corrected chi connectivity index (χ3v) is 3.77. The van der Waals surface area contributed by atoms with Crippen molar-refractivity contribution in [1.82, 2.24) is 5.32 Å². The molecule has 7 nitrogen and oxygen atoms in total. The van der Waals surface area contributed by atoms with Crippen molar-refractivity contribution in [3.05, 3.63) is 32.8 Å². The van der Waals surface area contributed by atoms with Gasteiger partial charge < -0.3 is 10.7 Å². The van der Waals surface area contributed by atoms with Crippen LogP contribution in [0.4, 0.5) is 11.4 Å². The second-order valence-electron chi connectivity index (χ2n) is 4.94. The lowest BCUT2D eigenvalue weighted by atomic mass is 10.1. The Bertz CT molecular complexity index is 564. The van der Waals surface area contributed by atoms with Crippen LogP contribution in [0, 0.1) is 22.0 Å². The summed E-state index contributed by atoms with van der Waals surface area (Å²) < 4.78 is 0. The number of amides is 1. The first-order valence-electron chi connectivity index (χ1n) is 6.16. The third-order valence-electron chi connectivity index (χ3n) is 3.47. The highest BCUT2D eigenvalue weighted by Gasteiger charge is 2.32. The second kappa shape index (κ2) is 5.64. The third kappa shape index (κ3) is 3.00. The normalized spacial score (nSPS) is 20.4. The van der Waals surface area contributed by atoms with E-state index in [4.69, 9.17) is 17.4 Å². The Morgan fingerprint density at radius 1 is 1.60 bits per heavy atom. The minimum Gasteiger partial charge on any atom is -0.352 e. The Balaban J connectivity index is 2.18. The zero-order chi connectivity index (χ0) is 14.9. The topological polar surface area (TPSA) is 110 Å². The van der Waals surface area contributed by atoms with E-state index in [1.54, 1.807) is 0 Å². The predicted octanol–water partition coefficient (Wildman–Crippen LogP) is 1.92. The van der Waals surface area contributed by atoms with Crippen molar-refractivity contribution >= 4 is 28.9 Å². The lowest BCUT2D eigenvalue weighted by molar-refractivity contribution is -0.384. The number of nitro benzene ring substituents is 1. The summed E-state index contributed by atoms with van der Waals surface area (Å²) >= 11 is 5.89. The quantitative estimate of drug-likeness (QED) is 0.437. The summed E-state index contributed by atoms with van der Waals surface area (Å²) in [6.45, 7) is 2.68. The molecule has 4 N–H and O–H groups in total. The van der Waals surface area contributed by atoms with Gasteiger partial charge in [-0.2, -0.15) is 0 Å². The number of nitro groups is 1. The van der Waals surface area contributed by atoms with Crippen molar-refractivity contribution in [1.29, 1.82) is 0 Å². The number of nitrogens with one attached hydrogen (secondary N) is 2. The van der Waals surface area contributed by atoms with Gasteiger partial charge in [-0.1, -0.05) is 18.5 Å². The van der Waals surface area contributed by atoms with Crippen LogP contribution in [0.2, 0.25) is 5.02 Å². The van der Waals surface area contributed by atoms with Crippen LogP contribution in [0.3, 0.4) is 0 Å². The predicted molar refractivity (Wildman–Crippen MR) is 75.5 cm³/mol. The molecule has 0 radical (unpaired) electrons. The molecule has 0 heterocycles. The standard InChI is InChI=1S/C12H15ClN4O3/c1-6-2-8(6)5-15-12(18)7-3-9(13)11(16-14)10(4-7)17(19)20/h3-4,6,8,16H,2,5,14H2,1H3,(H,15,18). The number of nitrogens with zero attached hydrogens (tertiary/aromatic N) is 1. The molecular formula is C12H15ClN4O3. The van der Waals surface area contributed by atoms with Gasteiger partial charge in [0.1, 0.15) is 5.69 Å². The van der Waals surface area contributed by atoms with Gasteiger partial charge >= 0.3 is 0 Å². The summed E-state index contributed by atoms with van der Waals surface area (Å²) in [6.07, 6.45) is 1.09. The molecule has 1 aliphatic carbocycles. The highest BCUT2D eigenvalue weighted by atomic mass is 35.5. The summed E-state index contributed by atoms with van der Waals surface area (Å²) in [5.74, 6) is 5.94. The van der Waals surface area contributed by atoms with Gasteiger partial charge in [-0.25, -0.2) is 0 Å². The molecule has 2 rings (SSSR count). The molecule has 1 fully saturated rings. The Kier molecular flexibility index (Phi) is 4.10. The van der Waals surface area contributed by atoms with Gasteiger partial charge in [0.15, 0.2) is 0 Å². The molecule has 0 spiro atoms. The fourth-order valence-electron chi connectivity index (χ4n) is 2.02. The second-order valence-corrected chi connectivity index (χ2v) is 5.34. The summed E-state index contributed by atoms with van der Waals surface area (Å²) in [6, 6.07) is 2.52. The van der Waals surface area contributed by atoms with E-state index in [0.717, 1.165) is 12.5 Å². The summed E-state index contributed by atoms with van der Waals surface area (Å²) in [5, 5.41) is 13.7. The molecule has 2 atom stereocenters. The highest BCUT2D eigenvalue weighted by Crippen LogP contribution is 2.37. The minimum atomic E-state index is -0.638. The van der Waals surface area contributed by atoms with E-state index in [-0.39, 0.29) is 27.9 Å². The molecule has 1 aromatic rings. The average Bonchev–Trinajstić information content (AvgIpc) is 3.10. The number of rotatable bonds is 5. The maximum atomic E-state index is 12.0. The molecule has 2 unspecified atom stereocenters. The Morgan fingerprint density at radius 3 is 2.75 bits per heavy atom. The number of anilines is 1. The Morgan fingerprint density at radius 2 is 2.25 bits per heavy atom. The van der Waals surface area contributed by atoms with Crippen molar-refractivity contribution in [2.24, 2.45) is 17.7 Å². The molecule has 0 aromatic heterocycles. The van der Waals surface area contributed by atoms with Gasteiger partial charge in [-0.05, 0) is 24.3 Å². The van der Waals surface area contributed by atoms with Crippen LogP contribution in [0.5, 0.6) is 0 Å². The van der Waals surface area contributed by atoms with Gasteiger partial charge in [0.2, 0.25) is 0 Å². The fraction of sp³-hybridized carbons (Fsp3) is 0.417. The lowest BCUT2D eigenvalue weighted by Crippen LogP contribution is -2.26. The van der Waals surface area contributed by atoms with E-state index in [9.17, 15) is 14.9 Å². The first kappa shape index (κ1) is 14.5. The number of hydrogen-bond donors (Lipinski definition) is 3. The Hall–Kier alpha value is -1.86. The van der Waals surface area contributed by atoms with Gasteiger partial charge in [0.25, 0.3) is 11.6 Å². The zero-order valence-corrected chi connectivity index (χ0v) is 11.6. The first-order chi connectivity index (χ1) is 9.43. The summed E-state index contributed by atoms with van der Waals surface area (Å²) in [5.41, 5.74) is 1.98. The molecule has 0 bridgehead atoms. The van der Waals surface area contributed by atoms with E-state index < -0.39 is 4.92 Å². The largest absolute Gasteiger partial charge is 0.352 e. The van der Waals surface area contributed by atoms with Crippen molar-refractivity contribution in [2.75, 3.05) is 12.0 Å². The number of carbonyl (C=O) groups excluding carboxylic acids is 1. The average molecular weight is 299 g/mol. The van der Waals surface area contributed by atoms with Crippen LogP contribution >= 0.6 is 11.6 Å². The van der Waals surface area contributed by atoms with Crippen molar-refractivity contribution in [3.8, 4) is 0 Å². The minimum absolute atomic E-state index is 0.0102. The monoisotopic (exact) mass is 298 g/mol.